The summed E-state index contributed by atoms with van der Waals surface area (Å²) in [6, 6.07) is 0. The van der Waals surface area contributed by atoms with Crippen LogP contribution >= 0.6 is 0 Å². The van der Waals surface area contributed by atoms with Crippen molar-refractivity contribution in [3.05, 3.63) is 11.6 Å². The van der Waals surface area contributed by atoms with Crippen LogP contribution in [0.15, 0.2) is 11.6 Å². The number of rotatable bonds is 6. The van der Waals surface area contributed by atoms with Crippen LogP contribution in [-0.4, -0.2) is 19.5 Å². The van der Waals surface area contributed by atoms with E-state index in [1.807, 2.05) is 13.0 Å². The molecule has 0 amide bonds. The third-order valence-electron chi connectivity index (χ3n) is 1.83. The van der Waals surface area contributed by atoms with Crippen LogP contribution in [0.2, 0.25) is 0 Å². The number of carbonyl (C=O) groups excluding carboxylic acids is 1. The highest BCUT2D eigenvalue weighted by Crippen LogP contribution is 2.07. The van der Waals surface area contributed by atoms with E-state index in [9.17, 15) is 4.79 Å². The van der Waals surface area contributed by atoms with Gasteiger partial charge in [0.15, 0.2) is 0 Å². The van der Waals surface area contributed by atoms with Crippen LogP contribution in [0.5, 0.6) is 0 Å². The Balaban J connectivity index is 3.77. The average molecular weight is 170 g/mol. The van der Waals surface area contributed by atoms with E-state index in [0.29, 0.717) is 0 Å². The predicted octanol–water partition coefficient (Wildman–Crippen LogP) is 2.34. The molecule has 70 valence electrons. The second kappa shape index (κ2) is 7.04. The zero-order valence-corrected chi connectivity index (χ0v) is 8.17. The van der Waals surface area contributed by atoms with Gasteiger partial charge < -0.3 is 4.74 Å². The molecule has 0 aromatic carbocycles. The predicted molar refractivity (Wildman–Crippen MR) is 50.1 cm³/mol. The van der Waals surface area contributed by atoms with E-state index in [4.69, 9.17) is 4.74 Å². The summed E-state index contributed by atoms with van der Waals surface area (Å²) < 4.78 is 5.23. The van der Waals surface area contributed by atoms with Crippen molar-refractivity contribution in [2.24, 2.45) is 0 Å². The highest BCUT2D eigenvalue weighted by molar-refractivity contribution is 5.71. The van der Waals surface area contributed by atoms with E-state index in [2.05, 4.69) is 6.92 Å². The number of hydrogen-bond donors (Lipinski definition) is 0. The Morgan fingerprint density at radius 3 is 2.67 bits per heavy atom. The fourth-order valence-corrected chi connectivity index (χ4v) is 1.02. The molecule has 0 bridgehead atoms. The van der Waals surface area contributed by atoms with E-state index < -0.39 is 0 Å². The van der Waals surface area contributed by atoms with Gasteiger partial charge in [-0.25, -0.2) is 0 Å². The fraction of sp³-hybridized carbons (Fsp3) is 0.700. The molecule has 12 heavy (non-hydrogen) atoms. The highest BCUT2D eigenvalue weighted by Gasteiger charge is 2.02. The summed E-state index contributed by atoms with van der Waals surface area (Å²) in [6.45, 7) is 3.94. The van der Waals surface area contributed by atoms with Crippen molar-refractivity contribution in [1.29, 1.82) is 0 Å². The van der Waals surface area contributed by atoms with Gasteiger partial charge in [0, 0.05) is 7.11 Å². The molecule has 0 radical (unpaired) electrons. The third-order valence-corrected chi connectivity index (χ3v) is 1.83. The topological polar surface area (TPSA) is 26.3 Å². The molecule has 0 saturated heterocycles. The Morgan fingerprint density at radius 1 is 1.58 bits per heavy atom. The molecule has 2 nitrogen and oxygen atoms in total. The van der Waals surface area contributed by atoms with Gasteiger partial charge in [0.05, 0.1) is 6.10 Å². The lowest BCUT2D eigenvalue weighted by Gasteiger charge is -2.11. The lowest BCUT2D eigenvalue weighted by molar-refractivity contribution is -0.104. The lowest BCUT2D eigenvalue weighted by Crippen LogP contribution is -2.08. The van der Waals surface area contributed by atoms with Crippen molar-refractivity contribution < 1.29 is 9.53 Å². The summed E-state index contributed by atoms with van der Waals surface area (Å²) in [7, 11) is 1.71. The van der Waals surface area contributed by atoms with Crippen molar-refractivity contribution >= 4 is 6.29 Å². The van der Waals surface area contributed by atoms with Crippen molar-refractivity contribution in [1.82, 2.24) is 0 Å². The zero-order valence-electron chi connectivity index (χ0n) is 8.17. The van der Waals surface area contributed by atoms with Crippen molar-refractivity contribution in [2.75, 3.05) is 7.11 Å². The summed E-state index contributed by atoms with van der Waals surface area (Å²) in [6.07, 6.45) is 6.08. The molecule has 0 rings (SSSR count). The van der Waals surface area contributed by atoms with Crippen LogP contribution in [0, 0.1) is 0 Å². The average Bonchev–Trinajstić information content (AvgIpc) is 2.11. The van der Waals surface area contributed by atoms with Crippen LogP contribution in [0.3, 0.4) is 0 Å². The summed E-state index contributed by atoms with van der Waals surface area (Å²) in [5.41, 5.74) is 0.785. The van der Waals surface area contributed by atoms with E-state index in [-0.39, 0.29) is 6.10 Å². The number of aldehydes is 1. The molecule has 0 aliphatic heterocycles. The molecule has 0 aliphatic rings. The Labute approximate surface area is 74.6 Å². The van der Waals surface area contributed by atoms with Gasteiger partial charge in [-0.2, -0.15) is 0 Å². The third kappa shape index (κ3) is 5.08. The van der Waals surface area contributed by atoms with Gasteiger partial charge >= 0.3 is 0 Å². The van der Waals surface area contributed by atoms with Gasteiger partial charge in [-0.3, -0.25) is 4.79 Å². The van der Waals surface area contributed by atoms with Crippen LogP contribution in [0.4, 0.5) is 0 Å². The smallest absolute Gasteiger partial charge is 0.145 e. The number of hydrogen-bond acceptors (Lipinski definition) is 2. The molecule has 1 unspecified atom stereocenters. The van der Waals surface area contributed by atoms with E-state index in [1.54, 1.807) is 7.11 Å². The first kappa shape index (κ1) is 11.4. The second-order valence-electron chi connectivity index (χ2n) is 2.95. The Hall–Kier alpha value is -0.630. The van der Waals surface area contributed by atoms with Crippen molar-refractivity contribution in [3.63, 3.8) is 0 Å². The van der Waals surface area contributed by atoms with Gasteiger partial charge in [0.2, 0.25) is 0 Å². The molecular formula is C10H18O2. The van der Waals surface area contributed by atoms with E-state index in [0.717, 1.165) is 31.1 Å². The lowest BCUT2D eigenvalue weighted by atomic mass is 10.1. The Morgan fingerprint density at radius 2 is 2.25 bits per heavy atom. The minimum absolute atomic E-state index is 0.268. The van der Waals surface area contributed by atoms with Gasteiger partial charge in [-0.1, -0.05) is 19.4 Å². The molecule has 2 heteroatoms. The van der Waals surface area contributed by atoms with Gasteiger partial charge in [-0.05, 0) is 25.3 Å². The molecule has 0 saturated carbocycles. The maximum atomic E-state index is 10.3. The van der Waals surface area contributed by atoms with E-state index >= 15 is 0 Å². The second-order valence-corrected chi connectivity index (χ2v) is 2.95. The summed E-state index contributed by atoms with van der Waals surface area (Å²) in [4.78, 5) is 10.3. The quantitative estimate of drug-likeness (QED) is 0.452. The molecule has 1 atom stereocenters. The normalized spacial score (nSPS) is 14.4. The Kier molecular flexibility index (Phi) is 6.67. The summed E-state index contributed by atoms with van der Waals surface area (Å²) >= 11 is 0. The first-order chi connectivity index (χ1) is 5.74. The first-order valence-electron chi connectivity index (χ1n) is 4.39. The summed E-state index contributed by atoms with van der Waals surface area (Å²) in [5, 5.41) is 0. The van der Waals surface area contributed by atoms with Gasteiger partial charge in [-0.15, -0.1) is 0 Å². The van der Waals surface area contributed by atoms with Crippen LogP contribution in [0.1, 0.15) is 33.1 Å². The molecule has 0 heterocycles. The fourth-order valence-electron chi connectivity index (χ4n) is 1.02. The largest absolute Gasteiger partial charge is 0.381 e. The van der Waals surface area contributed by atoms with Gasteiger partial charge in [0.1, 0.15) is 6.29 Å². The minimum atomic E-state index is 0.268. The number of ether oxygens (including phenoxy) is 1. The van der Waals surface area contributed by atoms with Crippen LogP contribution < -0.4 is 0 Å². The number of methoxy groups -OCH3 is 1. The number of carbonyl (C=O) groups is 1. The first-order valence-corrected chi connectivity index (χ1v) is 4.39. The minimum Gasteiger partial charge on any atom is -0.381 e. The molecule has 0 aliphatic carbocycles. The SMILES string of the molecule is CCCC(C/C=C(\C)C=O)OC. The zero-order chi connectivity index (χ0) is 9.40. The Bertz CT molecular complexity index is 150. The monoisotopic (exact) mass is 170 g/mol. The van der Waals surface area contributed by atoms with Gasteiger partial charge in [0.25, 0.3) is 0 Å². The molecule has 0 fully saturated rings. The standard InChI is InChI=1S/C10H18O2/c1-4-5-10(12-3)7-6-9(2)8-11/h6,8,10H,4-5,7H2,1-3H3/b9-6+. The molecule has 0 spiro atoms. The maximum absolute atomic E-state index is 10.3. The molecule has 0 aromatic rings. The van der Waals surface area contributed by atoms with Crippen molar-refractivity contribution in [3.8, 4) is 0 Å². The summed E-state index contributed by atoms with van der Waals surface area (Å²) in [5.74, 6) is 0. The number of allylic oxidation sites excluding steroid dienone is 1. The van der Waals surface area contributed by atoms with Crippen molar-refractivity contribution in [2.45, 2.75) is 39.2 Å². The van der Waals surface area contributed by atoms with Crippen LogP contribution in [-0.2, 0) is 9.53 Å². The maximum Gasteiger partial charge on any atom is 0.145 e. The molecular weight excluding hydrogens is 152 g/mol. The highest BCUT2D eigenvalue weighted by atomic mass is 16.5. The van der Waals surface area contributed by atoms with E-state index in [1.165, 1.54) is 0 Å². The van der Waals surface area contributed by atoms with Crippen LogP contribution in [0.25, 0.3) is 0 Å². The molecule has 0 aromatic heterocycles. The molecule has 0 N–H and O–H groups in total.